The van der Waals surface area contributed by atoms with Crippen LogP contribution < -0.4 is 10.2 Å². The summed E-state index contributed by atoms with van der Waals surface area (Å²) in [7, 11) is 0. The van der Waals surface area contributed by atoms with Crippen LogP contribution >= 0.6 is 11.3 Å². The van der Waals surface area contributed by atoms with Crippen molar-refractivity contribution in [2.45, 2.75) is 27.2 Å². The summed E-state index contributed by atoms with van der Waals surface area (Å²) in [5, 5.41) is 3.48. The first-order valence-corrected chi connectivity index (χ1v) is 9.78. The maximum absolute atomic E-state index is 12.7. The fourth-order valence-corrected chi connectivity index (χ4v) is 4.39. The SMILES string of the molecule is Cc1ccc(C)c(N2CC(C(=O)Nc3nc4ccc(C)cc4s3)CC2=O)c1. The number of hydrogen-bond donors (Lipinski definition) is 1. The molecule has 0 radical (unpaired) electrons. The van der Waals surface area contributed by atoms with E-state index in [-0.39, 0.29) is 24.2 Å². The highest BCUT2D eigenvalue weighted by molar-refractivity contribution is 7.22. The maximum Gasteiger partial charge on any atom is 0.231 e. The first-order valence-electron chi connectivity index (χ1n) is 8.96. The van der Waals surface area contributed by atoms with Crippen LogP contribution in [-0.2, 0) is 9.59 Å². The van der Waals surface area contributed by atoms with E-state index in [9.17, 15) is 9.59 Å². The third kappa shape index (κ3) is 3.45. The number of hydrogen-bond acceptors (Lipinski definition) is 4. The third-order valence-corrected chi connectivity index (χ3v) is 5.86. The molecule has 0 bridgehead atoms. The van der Waals surface area contributed by atoms with Crippen molar-refractivity contribution in [1.29, 1.82) is 0 Å². The molecule has 0 aliphatic carbocycles. The Kier molecular flexibility index (Phi) is 4.44. The molecule has 1 aliphatic heterocycles. The van der Waals surface area contributed by atoms with E-state index in [0.29, 0.717) is 11.7 Å². The Labute approximate surface area is 162 Å². The lowest BCUT2D eigenvalue weighted by Crippen LogP contribution is -2.28. The van der Waals surface area contributed by atoms with Gasteiger partial charge in [0.15, 0.2) is 5.13 Å². The summed E-state index contributed by atoms with van der Waals surface area (Å²) in [6.45, 7) is 6.42. The van der Waals surface area contributed by atoms with Crippen LogP contribution in [-0.4, -0.2) is 23.3 Å². The van der Waals surface area contributed by atoms with Crippen LogP contribution in [0.2, 0.25) is 0 Å². The second kappa shape index (κ2) is 6.78. The number of amides is 2. The Balaban J connectivity index is 1.51. The first-order chi connectivity index (χ1) is 12.9. The third-order valence-electron chi connectivity index (χ3n) is 4.93. The van der Waals surface area contributed by atoms with Gasteiger partial charge in [0.05, 0.1) is 16.1 Å². The molecular formula is C21H21N3O2S. The number of carbonyl (C=O) groups is 2. The van der Waals surface area contributed by atoms with Crippen LogP contribution in [0.5, 0.6) is 0 Å². The van der Waals surface area contributed by atoms with Gasteiger partial charge in [-0.05, 0) is 55.7 Å². The zero-order chi connectivity index (χ0) is 19.1. The second-order valence-electron chi connectivity index (χ2n) is 7.17. The van der Waals surface area contributed by atoms with E-state index in [4.69, 9.17) is 0 Å². The minimum absolute atomic E-state index is 0.0104. The van der Waals surface area contributed by atoms with Gasteiger partial charge in [0.25, 0.3) is 0 Å². The van der Waals surface area contributed by atoms with Gasteiger partial charge in [-0.3, -0.25) is 9.59 Å². The molecule has 0 spiro atoms. The molecule has 1 saturated heterocycles. The predicted octanol–water partition coefficient (Wildman–Crippen LogP) is 4.21. The van der Waals surface area contributed by atoms with Gasteiger partial charge in [0.1, 0.15) is 0 Å². The van der Waals surface area contributed by atoms with Gasteiger partial charge in [0, 0.05) is 18.7 Å². The van der Waals surface area contributed by atoms with Crippen molar-refractivity contribution >= 4 is 44.2 Å². The molecule has 27 heavy (non-hydrogen) atoms. The van der Waals surface area contributed by atoms with E-state index in [1.54, 1.807) is 4.90 Å². The van der Waals surface area contributed by atoms with Crippen molar-refractivity contribution in [3.63, 3.8) is 0 Å². The van der Waals surface area contributed by atoms with Gasteiger partial charge < -0.3 is 10.2 Å². The zero-order valence-electron chi connectivity index (χ0n) is 15.6. The van der Waals surface area contributed by atoms with Gasteiger partial charge in [-0.25, -0.2) is 4.98 Å². The van der Waals surface area contributed by atoms with E-state index in [0.717, 1.165) is 32.6 Å². The van der Waals surface area contributed by atoms with E-state index in [2.05, 4.69) is 16.4 Å². The highest BCUT2D eigenvalue weighted by atomic mass is 32.1. The number of benzene rings is 2. The summed E-state index contributed by atoms with van der Waals surface area (Å²) in [5.74, 6) is -0.526. The monoisotopic (exact) mass is 379 g/mol. The van der Waals surface area contributed by atoms with Gasteiger partial charge in [-0.2, -0.15) is 0 Å². The molecule has 1 aliphatic rings. The molecule has 2 heterocycles. The number of anilines is 2. The van der Waals surface area contributed by atoms with Gasteiger partial charge in [-0.15, -0.1) is 0 Å². The van der Waals surface area contributed by atoms with E-state index < -0.39 is 0 Å². The Bertz CT molecular complexity index is 1060. The summed E-state index contributed by atoms with van der Waals surface area (Å²) < 4.78 is 1.05. The summed E-state index contributed by atoms with van der Waals surface area (Å²) in [6.07, 6.45) is 0.225. The Morgan fingerprint density at radius 2 is 1.89 bits per heavy atom. The van der Waals surface area contributed by atoms with Crippen molar-refractivity contribution in [3.8, 4) is 0 Å². The van der Waals surface area contributed by atoms with Crippen LogP contribution in [0.3, 0.4) is 0 Å². The number of rotatable bonds is 3. The van der Waals surface area contributed by atoms with Crippen LogP contribution in [0, 0.1) is 26.7 Å². The predicted molar refractivity (Wildman–Crippen MR) is 109 cm³/mol. The summed E-state index contributed by atoms with van der Waals surface area (Å²) in [4.78, 5) is 31.4. The lowest BCUT2D eigenvalue weighted by molar-refractivity contribution is -0.122. The van der Waals surface area contributed by atoms with Crippen molar-refractivity contribution in [3.05, 3.63) is 53.1 Å². The van der Waals surface area contributed by atoms with Crippen LogP contribution in [0.1, 0.15) is 23.1 Å². The van der Waals surface area contributed by atoms with Gasteiger partial charge >= 0.3 is 0 Å². The fraction of sp³-hybridized carbons (Fsp3) is 0.286. The van der Waals surface area contributed by atoms with Crippen molar-refractivity contribution < 1.29 is 9.59 Å². The van der Waals surface area contributed by atoms with Crippen molar-refractivity contribution in [2.24, 2.45) is 5.92 Å². The quantitative estimate of drug-likeness (QED) is 0.741. The highest BCUT2D eigenvalue weighted by Gasteiger charge is 2.36. The molecule has 2 amide bonds. The number of nitrogens with zero attached hydrogens (tertiary/aromatic N) is 2. The minimum Gasteiger partial charge on any atom is -0.311 e. The molecule has 138 valence electrons. The smallest absolute Gasteiger partial charge is 0.231 e. The zero-order valence-corrected chi connectivity index (χ0v) is 16.4. The van der Waals surface area contributed by atoms with Crippen molar-refractivity contribution in [2.75, 3.05) is 16.8 Å². The van der Waals surface area contributed by atoms with Crippen LogP contribution in [0.15, 0.2) is 36.4 Å². The fourth-order valence-electron chi connectivity index (χ4n) is 3.42. The summed E-state index contributed by atoms with van der Waals surface area (Å²) >= 11 is 1.46. The number of aromatic nitrogens is 1. The largest absolute Gasteiger partial charge is 0.311 e. The van der Waals surface area contributed by atoms with E-state index in [1.165, 1.54) is 11.3 Å². The number of carbonyl (C=O) groups excluding carboxylic acids is 2. The molecule has 1 fully saturated rings. The lowest BCUT2D eigenvalue weighted by Gasteiger charge is -2.19. The average Bonchev–Trinajstić information content (AvgIpc) is 3.19. The highest BCUT2D eigenvalue weighted by Crippen LogP contribution is 2.31. The molecule has 5 nitrogen and oxygen atoms in total. The van der Waals surface area contributed by atoms with Gasteiger partial charge in [-0.1, -0.05) is 29.5 Å². The van der Waals surface area contributed by atoms with E-state index in [1.807, 2.05) is 51.1 Å². The number of fused-ring (bicyclic) bond motifs is 1. The van der Waals surface area contributed by atoms with Crippen molar-refractivity contribution in [1.82, 2.24) is 4.98 Å². The molecule has 1 atom stereocenters. The normalized spacial score (nSPS) is 16.9. The Hall–Kier alpha value is -2.73. The Morgan fingerprint density at radius 1 is 1.15 bits per heavy atom. The lowest BCUT2D eigenvalue weighted by atomic mass is 10.1. The molecule has 1 aromatic heterocycles. The molecule has 4 rings (SSSR count). The molecule has 1 N–H and O–H groups in total. The first kappa shape index (κ1) is 17.7. The molecule has 2 aromatic carbocycles. The average molecular weight is 379 g/mol. The minimum atomic E-state index is -0.369. The van der Waals surface area contributed by atoms with Crippen LogP contribution in [0.25, 0.3) is 10.2 Å². The summed E-state index contributed by atoms with van der Waals surface area (Å²) in [5.41, 5.74) is 5.07. The molecular weight excluding hydrogens is 358 g/mol. The molecule has 0 saturated carbocycles. The van der Waals surface area contributed by atoms with E-state index >= 15 is 0 Å². The molecule has 3 aromatic rings. The number of thiazole rings is 1. The van der Waals surface area contributed by atoms with Crippen LogP contribution in [0.4, 0.5) is 10.8 Å². The molecule has 1 unspecified atom stereocenters. The number of nitrogens with one attached hydrogen (secondary N) is 1. The summed E-state index contributed by atoms with van der Waals surface area (Å²) in [6, 6.07) is 12.1. The molecule has 6 heteroatoms. The standard InChI is InChI=1S/C21H21N3O2S/c1-12-4-6-14(3)17(8-12)24-11-15(10-19(24)25)20(26)23-21-22-16-7-5-13(2)9-18(16)27-21/h4-9,15H,10-11H2,1-3H3,(H,22,23,26). The topological polar surface area (TPSA) is 62.3 Å². The van der Waals surface area contributed by atoms with Gasteiger partial charge in [0.2, 0.25) is 11.8 Å². The maximum atomic E-state index is 12.7. The second-order valence-corrected chi connectivity index (χ2v) is 8.21. The Morgan fingerprint density at radius 3 is 2.70 bits per heavy atom. The number of aryl methyl sites for hydroxylation is 3.